The number of carbonyl (C=O) groups excluding carboxylic acids is 1. The number of rotatable bonds is 6. The predicted octanol–water partition coefficient (Wildman–Crippen LogP) is 2.09. The molecule has 20 heavy (non-hydrogen) atoms. The number of esters is 1. The monoisotopic (exact) mass is 273 g/mol. The fraction of sp³-hybridized carbons (Fsp3) is 0.333. The van der Waals surface area contributed by atoms with E-state index >= 15 is 0 Å². The molecule has 0 fully saturated rings. The highest BCUT2D eigenvalue weighted by atomic mass is 16.5. The Balaban J connectivity index is 1.94. The van der Waals surface area contributed by atoms with E-state index in [0.29, 0.717) is 6.61 Å². The van der Waals surface area contributed by atoms with Crippen molar-refractivity contribution in [3.8, 4) is 5.69 Å². The summed E-state index contributed by atoms with van der Waals surface area (Å²) in [6.07, 6.45) is 5.41. The highest BCUT2D eigenvalue weighted by Gasteiger charge is 2.08. The van der Waals surface area contributed by atoms with E-state index < -0.39 is 0 Å². The summed E-state index contributed by atoms with van der Waals surface area (Å²) in [5.74, 6) is -0.227. The van der Waals surface area contributed by atoms with Crippen LogP contribution in [-0.4, -0.2) is 28.7 Å². The average Bonchev–Trinajstić information content (AvgIpc) is 2.99. The predicted molar refractivity (Wildman–Crippen MR) is 76.6 cm³/mol. The number of aromatic nitrogens is 2. The summed E-state index contributed by atoms with van der Waals surface area (Å²) in [5.41, 5.74) is 2.18. The number of ether oxygens (including phenoxy) is 1. The molecule has 2 aromatic rings. The highest BCUT2D eigenvalue weighted by molar-refractivity contribution is 5.71. The summed E-state index contributed by atoms with van der Waals surface area (Å²) < 4.78 is 6.83. The summed E-state index contributed by atoms with van der Waals surface area (Å²) in [6, 6.07) is 8.23. The molecule has 106 valence electrons. The van der Waals surface area contributed by atoms with Gasteiger partial charge in [-0.05, 0) is 31.5 Å². The van der Waals surface area contributed by atoms with Crippen LogP contribution in [0, 0.1) is 0 Å². The molecule has 5 nitrogen and oxygen atoms in total. The van der Waals surface area contributed by atoms with E-state index in [1.54, 1.807) is 19.4 Å². The Bertz CT molecular complexity index is 535. The minimum absolute atomic E-state index is 0.0937. The minimum atomic E-state index is -0.227. The average molecular weight is 273 g/mol. The van der Waals surface area contributed by atoms with Crippen molar-refractivity contribution in [3.63, 3.8) is 0 Å². The molecule has 0 aliphatic carbocycles. The van der Waals surface area contributed by atoms with E-state index in [4.69, 9.17) is 4.74 Å². The van der Waals surface area contributed by atoms with Gasteiger partial charge in [0.15, 0.2) is 0 Å². The number of imidazole rings is 1. The Morgan fingerprint density at radius 1 is 1.40 bits per heavy atom. The summed E-state index contributed by atoms with van der Waals surface area (Å²) >= 11 is 0. The van der Waals surface area contributed by atoms with Gasteiger partial charge in [0.2, 0.25) is 0 Å². The molecule has 1 aromatic carbocycles. The molecule has 0 bridgehead atoms. The summed E-state index contributed by atoms with van der Waals surface area (Å²) in [5, 5.41) is 3.14. The van der Waals surface area contributed by atoms with E-state index in [1.165, 1.54) is 0 Å². The number of nitrogens with one attached hydrogen (secondary N) is 1. The zero-order valence-electron chi connectivity index (χ0n) is 11.7. The fourth-order valence-corrected chi connectivity index (χ4v) is 1.91. The van der Waals surface area contributed by atoms with Crippen LogP contribution in [-0.2, 0) is 9.53 Å². The van der Waals surface area contributed by atoms with Crippen molar-refractivity contribution >= 4 is 5.97 Å². The molecule has 0 saturated carbocycles. The third-order valence-corrected chi connectivity index (χ3v) is 3.05. The lowest BCUT2D eigenvalue weighted by Crippen LogP contribution is -2.27. The third-order valence-electron chi connectivity index (χ3n) is 3.05. The number of nitrogens with zero attached hydrogens (tertiary/aromatic N) is 2. The van der Waals surface area contributed by atoms with Gasteiger partial charge >= 0.3 is 5.97 Å². The van der Waals surface area contributed by atoms with Crippen LogP contribution in [0.3, 0.4) is 0 Å². The standard InChI is InChI=1S/C15H19N3O2/c1-3-20-15(19)10-17-12(2)13-4-6-14(7-5-13)18-9-8-16-11-18/h4-9,11-12,17H,3,10H2,1-2H3. The maximum Gasteiger partial charge on any atom is 0.319 e. The largest absolute Gasteiger partial charge is 0.465 e. The lowest BCUT2D eigenvalue weighted by molar-refractivity contribution is -0.142. The van der Waals surface area contributed by atoms with Crippen LogP contribution in [0.25, 0.3) is 5.69 Å². The van der Waals surface area contributed by atoms with Crippen molar-refractivity contribution in [3.05, 3.63) is 48.5 Å². The van der Waals surface area contributed by atoms with Gasteiger partial charge in [-0.15, -0.1) is 0 Å². The first-order chi connectivity index (χ1) is 9.70. The van der Waals surface area contributed by atoms with Gasteiger partial charge in [0.1, 0.15) is 0 Å². The summed E-state index contributed by atoms with van der Waals surface area (Å²) in [6.45, 7) is 4.45. The number of benzene rings is 1. The van der Waals surface area contributed by atoms with Crippen molar-refractivity contribution in [2.75, 3.05) is 13.2 Å². The molecule has 0 aliphatic heterocycles. The highest BCUT2D eigenvalue weighted by Crippen LogP contribution is 2.15. The molecular weight excluding hydrogens is 254 g/mol. The molecule has 0 radical (unpaired) electrons. The molecule has 1 atom stereocenters. The molecule has 5 heteroatoms. The SMILES string of the molecule is CCOC(=O)CNC(C)c1ccc(-n2ccnc2)cc1. The van der Waals surface area contributed by atoms with Gasteiger partial charge < -0.3 is 14.6 Å². The second-order valence-corrected chi connectivity index (χ2v) is 4.47. The van der Waals surface area contributed by atoms with E-state index in [2.05, 4.69) is 10.3 Å². The number of hydrogen-bond acceptors (Lipinski definition) is 4. The van der Waals surface area contributed by atoms with Crippen molar-refractivity contribution < 1.29 is 9.53 Å². The zero-order valence-corrected chi connectivity index (χ0v) is 11.7. The first-order valence-corrected chi connectivity index (χ1v) is 6.68. The lowest BCUT2D eigenvalue weighted by atomic mass is 10.1. The maximum atomic E-state index is 11.3. The second-order valence-electron chi connectivity index (χ2n) is 4.47. The van der Waals surface area contributed by atoms with Crippen LogP contribution in [0.4, 0.5) is 0 Å². The number of hydrogen-bond donors (Lipinski definition) is 1. The molecular formula is C15H19N3O2. The van der Waals surface area contributed by atoms with Crippen molar-refractivity contribution in [2.24, 2.45) is 0 Å². The zero-order chi connectivity index (χ0) is 14.4. The third kappa shape index (κ3) is 3.68. The van der Waals surface area contributed by atoms with Gasteiger partial charge in [-0.1, -0.05) is 12.1 Å². The molecule has 1 unspecified atom stereocenters. The molecule has 1 heterocycles. The van der Waals surface area contributed by atoms with Gasteiger partial charge in [-0.3, -0.25) is 4.79 Å². The van der Waals surface area contributed by atoms with E-state index in [9.17, 15) is 4.79 Å². The van der Waals surface area contributed by atoms with Gasteiger partial charge in [-0.2, -0.15) is 0 Å². The van der Waals surface area contributed by atoms with Gasteiger partial charge in [0, 0.05) is 24.1 Å². The minimum Gasteiger partial charge on any atom is -0.465 e. The Morgan fingerprint density at radius 3 is 2.75 bits per heavy atom. The summed E-state index contributed by atoms with van der Waals surface area (Å²) in [4.78, 5) is 15.3. The Labute approximate surface area is 118 Å². The van der Waals surface area contributed by atoms with Gasteiger partial charge in [0.25, 0.3) is 0 Å². The molecule has 1 N–H and O–H groups in total. The Hall–Kier alpha value is -2.14. The molecule has 1 aromatic heterocycles. The van der Waals surface area contributed by atoms with Crippen LogP contribution >= 0.6 is 0 Å². The van der Waals surface area contributed by atoms with Crippen molar-refractivity contribution in [1.29, 1.82) is 0 Å². The van der Waals surface area contributed by atoms with Crippen molar-refractivity contribution in [2.45, 2.75) is 19.9 Å². The first-order valence-electron chi connectivity index (χ1n) is 6.68. The van der Waals surface area contributed by atoms with Crippen LogP contribution in [0.2, 0.25) is 0 Å². The molecule has 0 amide bonds. The molecule has 0 saturated heterocycles. The topological polar surface area (TPSA) is 56.1 Å². The van der Waals surface area contributed by atoms with Crippen LogP contribution in [0.15, 0.2) is 43.0 Å². The number of carbonyl (C=O) groups is 1. The van der Waals surface area contributed by atoms with E-state index in [1.807, 2.05) is 42.0 Å². The first kappa shape index (κ1) is 14.3. The lowest BCUT2D eigenvalue weighted by Gasteiger charge is -2.14. The van der Waals surface area contributed by atoms with Gasteiger partial charge in [-0.25, -0.2) is 4.98 Å². The quantitative estimate of drug-likeness (QED) is 0.819. The Morgan fingerprint density at radius 2 is 2.15 bits per heavy atom. The smallest absolute Gasteiger partial charge is 0.319 e. The molecule has 0 aliphatic rings. The van der Waals surface area contributed by atoms with E-state index in [-0.39, 0.29) is 18.6 Å². The molecule has 2 rings (SSSR count). The van der Waals surface area contributed by atoms with Gasteiger partial charge in [0.05, 0.1) is 19.5 Å². The van der Waals surface area contributed by atoms with E-state index in [0.717, 1.165) is 11.3 Å². The Kier molecular flexibility index (Phi) is 4.90. The van der Waals surface area contributed by atoms with Crippen molar-refractivity contribution in [1.82, 2.24) is 14.9 Å². The van der Waals surface area contributed by atoms with Crippen LogP contribution < -0.4 is 5.32 Å². The maximum absolute atomic E-state index is 11.3. The fourth-order valence-electron chi connectivity index (χ4n) is 1.91. The normalized spacial score (nSPS) is 12.1. The summed E-state index contributed by atoms with van der Waals surface area (Å²) in [7, 11) is 0. The second kappa shape index (κ2) is 6.86. The molecule has 0 spiro atoms. The van der Waals surface area contributed by atoms with Crippen LogP contribution in [0.1, 0.15) is 25.5 Å². The van der Waals surface area contributed by atoms with Crippen LogP contribution in [0.5, 0.6) is 0 Å².